The van der Waals surface area contributed by atoms with Gasteiger partial charge in [0.25, 0.3) is 0 Å². The van der Waals surface area contributed by atoms with Crippen molar-refractivity contribution in [2.45, 2.75) is 72.8 Å². The molecule has 2 aliphatic rings. The minimum atomic E-state index is -1.11. The Morgan fingerprint density at radius 2 is 1.83 bits per heavy atom. The van der Waals surface area contributed by atoms with E-state index >= 15 is 0 Å². The second-order valence-corrected chi connectivity index (χ2v) is 11.7. The second-order valence-electron chi connectivity index (χ2n) is 10.7. The van der Waals surface area contributed by atoms with Crippen molar-refractivity contribution < 1.29 is 24.2 Å². The van der Waals surface area contributed by atoms with Gasteiger partial charge in [-0.2, -0.15) is 0 Å². The van der Waals surface area contributed by atoms with E-state index in [-0.39, 0.29) is 33.7 Å². The third-order valence-electron chi connectivity index (χ3n) is 6.64. The fourth-order valence-electron chi connectivity index (χ4n) is 4.63. The van der Waals surface area contributed by atoms with Crippen molar-refractivity contribution in [3.8, 4) is 11.8 Å². The maximum absolute atomic E-state index is 14.0. The van der Waals surface area contributed by atoms with Crippen molar-refractivity contribution in [2.24, 2.45) is 17.3 Å². The summed E-state index contributed by atoms with van der Waals surface area (Å²) >= 11 is 1.06. The number of rotatable bonds is 6. The third kappa shape index (κ3) is 6.86. The van der Waals surface area contributed by atoms with Crippen LogP contribution in [0.5, 0.6) is 0 Å². The number of thiophene rings is 1. The summed E-state index contributed by atoms with van der Waals surface area (Å²) < 4.78 is 5.40. The van der Waals surface area contributed by atoms with Crippen molar-refractivity contribution in [1.82, 2.24) is 4.90 Å². The molecule has 1 saturated heterocycles. The lowest BCUT2D eigenvalue weighted by atomic mass is 9.82. The maximum atomic E-state index is 14.0. The number of aromatic carboxylic acids is 1. The van der Waals surface area contributed by atoms with Crippen molar-refractivity contribution in [3.05, 3.63) is 15.8 Å². The molecular weight excluding hydrogens is 464 g/mol. The van der Waals surface area contributed by atoms with Gasteiger partial charge in [0.1, 0.15) is 10.9 Å². The van der Waals surface area contributed by atoms with Gasteiger partial charge in [0, 0.05) is 24.4 Å². The van der Waals surface area contributed by atoms with Gasteiger partial charge < -0.3 is 14.7 Å². The van der Waals surface area contributed by atoms with Gasteiger partial charge in [0.2, 0.25) is 11.8 Å². The Bertz CT molecular complexity index is 985. The van der Waals surface area contributed by atoms with Crippen LogP contribution in [0.3, 0.4) is 0 Å². The molecule has 2 amide bonds. The van der Waals surface area contributed by atoms with Gasteiger partial charge in [0.05, 0.1) is 23.8 Å². The summed E-state index contributed by atoms with van der Waals surface area (Å²) in [6, 6.07) is 0.918. The standard InChI is InChI=1S/C27H38N2O5S/c1-6-21(25(31)28-13-15-34-16-14-28)29(24(30)19-9-7-18(2)8-10-19)22-17-20(11-12-27(3,4)5)35-23(22)26(32)33/h17-19,21H,6-10,13-16H2,1-5H3,(H,32,33)/t18?,19?,21-/m1/s1. The van der Waals surface area contributed by atoms with Gasteiger partial charge in [0.15, 0.2) is 0 Å². The van der Waals surface area contributed by atoms with Gasteiger partial charge in [-0.3, -0.25) is 14.5 Å². The Hall–Kier alpha value is -2.37. The molecule has 2 fully saturated rings. The van der Waals surface area contributed by atoms with Gasteiger partial charge in [-0.05, 0) is 64.9 Å². The number of carbonyl (C=O) groups is 3. The Balaban J connectivity index is 2.07. The summed E-state index contributed by atoms with van der Waals surface area (Å²) in [4.78, 5) is 43.8. The lowest BCUT2D eigenvalue weighted by molar-refractivity contribution is -0.139. The van der Waals surface area contributed by atoms with E-state index in [1.165, 1.54) is 4.90 Å². The Labute approximate surface area is 212 Å². The van der Waals surface area contributed by atoms with Crippen molar-refractivity contribution in [1.29, 1.82) is 0 Å². The summed E-state index contributed by atoms with van der Waals surface area (Å²) in [7, 11) is 0. The quantitative estimate of drug-likeness (QED) is 0.573. The summed E-state index contributed by atoms with van der Waals surface area (Å²) in [6.07, 6.45) is 3.80. The molecule has 7 nitrogen and oxygen atoms in total. The minimum Gasteiger partial charge on any atom is -0.477 e. The molecule has 8 heteroatoms. The highest BCUT2D eigenvalue weighted by Crippen LogP contribution is 2.37. The van der Waals surface area contributed by atoms with E-state index in [0.29, 0.717) is 43.5 Å². The average Bonchev–Trinajstić information content (AvgIpc) is 3.25. The first-order chi connectivity index (χ1) is 16.5. The zero-order chi connectivity index (χ0) is 25.8. The molecular formula is C27H38N2O5S. The molecule has 35 heavy (non-hydrogen) atoms. The van der Waals surface area contributed by atoms with Crippen LogP contribution < -0.4 is 4.90 Å². The molecule has 1 aliphatic heterocycles. The largest absolute Gasteiger partial charge is 0.477 e. The molecule has 192 valence electrons. The van der Waals surface area contributed by atoms with Crippen molar-refractivity contribution >= 4 is 34.8 Å². The van der Waals surface area contributed by atoms with E-state index in [1.54, 1.807) is 11.0 Å². The second kappa shape index (κ2) is 11.6. The Kier molecular flexibility index (Phi) is 9.00. The van der Waals surface area contributed by atoms with Crippen LogP contribution in [0.1, 0.15) is 81.3 Å². The van der Waals surface area contributed by atoms with E-state index in [0.717, 1.165) is 37.0 Å². The molecule has 3 rings (SSSR count). The zero-order valence-electron chi connectivity index (χ0n) is 21.6. The number of carboxylic acid groups (broad SMARTS) is 1. The predicted molar refractivity (Wildman–Crippen MR) is 138 cm³/mol. The first kappa shape index (κ1) is 27.2. The molecule has 1 saturated carbocycles. The highest BCUT2D eigenvalue weighted by molar-refractivity contribution is 7.15. The number of carbonyl (C=O) groups excluding carboxylic acids is 2. The van der Waals surface area contributed by atoms with E-state index in [2.05, 4.69) is 18.8 Å². The maximum Gasteiger partial charge on any atom is 0.348 e. The molecule has 0 radical (unpaired) electrons. The molecule has 0 aromatic carbocycles. The molecule has 0 bridgehead atoms. The zero-order valence-corrected chi connectivity index (χ0v) is 22.4. The molecule has 1 atom stereocenters. The van der Waals surface area contributed by atoms with Crippen molar-refractivity contribution in [3.63, 3.8) is 0 Å². The van der Waals surface area contributed by atoms with E-state index in [4.69, 9.17) is 4.74 Å². The smallest absolute Gasteiger partial charge is 0.348 e. The molecule has 1 aromatic rings. The normalized spacial score (nSPS) is 21.6. The van der Waals surface area contributed by atoms with Crippen LogP contribution in [0.4, 0.5) is 5.69 Å². The summed E-state index contributed by atoms with van der Waals surface area (Å²) in [5.41, 5.74) is 0.0397. The molecule has 1 aromatic heterocycles. The highest BCUT2D eigenvalue weighted by Gasteiger charge is 2.39. The summed E-state index contributed by atoms with van der Waals surface area (Å²) in [5.74, 6) is 5.16. The van der Waals surface area contributed by atoms with Crippen LogP contribution in [-0.4, -0.2) is 60.1 Å². The monoisotopic (exact) mass is 502 g/mol. The van der Waals surface area contributed by atoms with E-state index in [1.807, 2.05) is 27.7 Å². The number of nitrogens with zero attached hydrogens (tertiary/aromatic N) is 2. The van der Waals surface area contributed by atoms with Gasteiger partial charge >= 0.3 is 5.97 Å². The number of ether oxygens (including phenoxy) is 1. The van der Waals surface area contributed by atoms with E-state index in [9.17, 15) is 19.5 Å². The third-order valence-corrected chi connectivity index (χ3v) is 7.66. The molecule has 1 aliphatic carbocycles. The minimum absolute atomic E-state index is 0.0500. The highest BCUT2D eigenvalue weighted by atomic mass is 32.1. The fraction of sp³-hybridized carbons (Fsp3) is 0.667. The summed E-state index contributed by atoms with van der Waals surface area (Å²) in [5, 5.41) is 10.0. The topological polar surface area (TPSA) is 87.2 Å². The fourth-order valence-corrected chi connectivity index (χ4v) is 5.47. The number of amides is 2. The van der Waals surface area contributed by atoms with Gasteiger partial charge in [-0.15, -0.1) is 11.3 Å². The number of hydrogen-bond donors (Lipinski definition) is 1. The molecule has 0 spiro atoms. The lowest BCUT2D eigenvalue weighted by Gasteiger charge is -2.38. The van der Waals surface area contributed by atoms with Gasteiger partial charge in [-0.25, -0.2) is 4.79 Å². The summed E-state index contributed by atoms with van der Waals surface area (Å²) in [6.45, 7) is 11.9. The first-order valence-electron chi connectivity index (χ1n) is 12.6. The Morgan fingerprint density at radius 3 is 2.37 bits per heavy atom. The number of morpholine rings is 1. The van der Waals surface area contributed by atoms with Crippen LogP contribution in [0, 0.1) is 29.1 Å². The predicted octanol–water partition coefficient (Wildman–Crippen LogP) is 4.64. The van der Waals surface area contributed by atoms with Crippen LogP contribution >= 0.6 is 11.3 Å². The molecule has 1 N–H and O–H groups in total. The van der Waals surface area contributed by atoms with E-state index < -0.39 is 12.0 Å². The number of hydrogen-bond acceptors (Lipinski definition) is 5. The molecule has 0 unspecified atom stereocenters. The van der Waals surface area contributed by atoms with Crippen LogP contribution in [0.25, 0.3) is 0 Å². The molecule has 2 heterocycles. The Morgan fingerprint density at radius 1 is 1.20 bits per heavy atom. The first-order valence-corrected chi connectivity index (χ1v) is 13.4. The number of anilines is 1. The average molecular weight is 503 g/mol. The SMILES string of the molecule is CC[C@H](C(=O)N1CCOCC1)N(C(=O)C1CCC(C)CC1)c1cc(C#CC(C)(C)C)sc1C(=O)O. The van der Waals surface area contributed by atoms with Crippen molar-refractivity contribution in [2.75, 3.05) is 31.2 Å². The van der Waals surface area contributed by atoms with Crippen LogP contribution in [0.15, 0.2) is 6.07 Å². The van der Waals surface area contributed by atoms with Crippen LogP contribution in [-0.2, 0) is 14.3 Å². The lowest BCUT2D eigenvalue weighted by Crippen LogP contribution is -2.55. The van der Waals surface area contributed by atoms with Crippen LogP contribution in [0.2, 0.25) is 0 Å². The number of carboxylic acids is 1. The van der Waals surface area contributed by atoms with Gasteiger partial charge in [-0.1, -0.05) is 25.7 Å².